The van der Waals surface area contributed by atoms with Gasteiger partial charge >= 0.3 is 5.97 Å². The number of aliphatic carboxylic acids is 1. The van der Waals surface area contributed by atoms with Gasteiger partial charge in [-0.2, -0.15) is 0 Å². The summed E-state index contributed by atoms with van der Waals surface area (Å²) in [5.74, 6) is 0.663. The smallest absolute Gasteiger partial charge is 0.320 e. The fourth-order valence-electron chi connectivity index (χ4n) is 1.38. The molecule has 1 aliphatic heterocycles. The molecule has 0 saturated carbocycles. The van der Waals surface area contributed by atoms with Gasteiger partial charge in [-0.05, 0) is 13.8 Å². The summed E-state index contributed by atoms with van der Waals surface area (Å²) in [6.07, 6.45) is 0. The van der Waals surface area contributed by atoms with E-state index >= 15 is 0 Å². The van der Waals surface area contributed by atoms with Gasteiger partial charge in [0.2, 0.25) is 0 Å². The third-order valence-corrected chi connectivity index (χ3v) is 3.51. The van der Waals surface area contributed by atoms with Crippen molar-refractivity contribution in [2.45, 2.75) is 31.7 Å². The summed E-state index contributed by atoms with van der Waals surface area (Å²) in [6.45, 7) is 4.11. The Morgan fingerprint density at radius 3 is 3.00 bits per heavy atom. The van der Waals surface area contributed by atoms with Crippen LogP contribution in [-0.4, -0.2) is 42.7 Å². The van der Waals surface area contributed by atoms with E-state index < -0.39 is 12.0 Å². The fourth-order valence-corrected chi connectivity index (χ4v) is 2.42. The molecule has 1 aliphatic rings. The van der Waals surface area contributed by atoms with Gasteiger partial charge in [-0.1, -0.05) is 11.8 Å². The summed E-state index contributed by atoms with van der Waals surface area (Å²) in [5, 5.41) is 17.7. The first kappa shape index (κ1) is 10.4. The van der Waals surface area contributed by atoms with Crippen LogP contribution in [0.4, 0.5) is 0 Å². The summed E-state index contributed by atoms with van der Waals surface area (Å²) in [6, 6.07) is -0.479. The minimum atomic E-state index is -0.801. The number of carboxylic acids is 1. The number of thioether (sulfide) groups is 1. The molecule has 0 aromatic carbocycles. The minimum absolute atomic E-state index is 0.479. The number of carbonyl (C=O) groups is 1. The van der Waals surface area contributed by atoms with Crippen molar-refractivity contribution in [3.05, 3.63) is 5.82 Å². The van der Waals surface area contributed by atoms with E-state index in [1.807, 2.05) is 16.4 Å². The van der Waals surface area contributed by atoms with Gasteiger partial charge in [0, 0.05) is 0 Å². The Kier molecular flexibility index (Phi) is 2.66. The second-order valence-electron chi connectivity index (χ2n) is 3.48. The van der Waals surface area contributed by atoms with Crippen molar-refractivity contribution in [1.29, 1.82) is 0 Å². The van der Waals surface area contributed by atoms with Crippen LogP contribution in [0.2, 0.25) is 0 Å². The Bertz CT molecular complexity index is 392. The Morgan fingerprint density at radius 1 is 1.60 bits per heavy atom. The highest BCUT2D eigenvalue weighted by atomic mass is 32.2. The first-order valence-electron chi connectivity index (χ1n) is 4.59. The predicted molar refractivity (Wildman–Crippen MR) is 54.4 cm³/mol. The Morgan fingerprint density at radius 2 is 2.33 bits per heavy atom. The lowest BCUT2D eigenvalue weighted by Gasteiger charge is -2.30. The van der Waals surface area contributed by atoms with Crippen LogP contribution in [0.15, 0.2) is 5.16 Å². The molecule has 0 bridgehead atoms. The van der Waals surface area contributed by atoms with E-state index in [1.54, 1.807) is 6.92 Å². The van der Waals surface area contributed by atoms with Gasteiger partial charge in [-0.25, -0.2) is 0 Å². The van der Waals surface area contributed by atoms with Crippen LogP contribution in [0, 0.1) is 6.92 Å². The summed E-state index contributed by atoms with van der Waals surface area (Å²) < 4.78 is 1.92. The monoisotopic (exact) mass is 228 g/mol. The number of carboxylic acid groups (broad SMARTS) is 1. The topological polar surface area (TPSA) is 71.2 Å². The van der Waals surface area contributed by atoms with Crippen molar-refractivity contribution in [2.24, 2.45) is 0 Å². The molecule has 0 aliphatic carbocycles. The number of rotatable bonds is 2. The molecule has 1 N–H and O–H groups in total. The molecule has 0 amide bonds. The van der Waals surface area contributed by atoms with Crippen molar-refractivity contribution in [3.63, 3.8) is 0 Å². The van der Waals surface area contributed by atoms with Gasteiger partial charge in [0.15, 0.2) is 5.16 Å². The van der Waals surface area contributed by atoms with Crippen molar-refractivity contribution >= 4 is 17.7 Å². The lowest BCUT2D eigenvalue weighted by molar-refractivity contribution is -0.143. The molecule has 0 radical (unpaired) electrons. The Labute approximate surface area is 91.3 Å². The predicted octanol–water partition coefficient (Wildman–Crippen LogP) is 0.382. The lowest BCUT2D eigenvalue weighted by Crippen LogP contribution is -2.42. The summed E-state index contributed by atoms with van der Waals surface area (Å²) in [5.41, 5.74) is 0. The van der Waals surface area contributed by atoms with E-state index in [2.05, 4.69) is 10.2 Å². The van der Waals surface area contributed by atoms with Gasteiger partial charge in [0.05, 0.1) is 12.5 Å². The van der Waals surface area contributed by atoms with Gasteiger partial charge in [0.1, 0.15) is 11.9 Å². The Hall–Kier alpha value is -1.08. The SMILES string of the molecule is Cc1nnc2n1CN(C(C)C(=O)O)CS2. The standard InChI is InChI=1S/C8H12N4O2S/c1-5(7(13)14)11-3-12-6(2)9-10-8(12)15-4-11/h5H,3-4H2,1-2H3,(H,13,14). The third kappa shape index (κ3) is 1.84. The zero-order valence-electron chi connectivity index (χ0n) is 8.54. The zero-order valence-corrected chi connectivity index (χ0v) is 9.36. The first-order chi connectivity index (χ1) is 7.09. The molecular weight excluding hydrogens is 216 g/mol. The van der Waals surface area contributed by atoms with Crippen molar-refractivity contribution in [2.75, 3.05) is 5.88 Å². The number of hydrogen-bond acceptors (Lipinski definition) is 5. The molecule has 1 aromatic heterocycles. The number of hydrogen-bond donors (Lipinski definition) is 1. The van der Waals surface area contributed by atoms with Crippen LogP contribution in [-0.2, 0) is 11.5 Å². The van der Waals surface area contributed by atoms with E-state index in [4.69, 9.17) is 5.11 Å². The molecule has 82 valence electrons. The minimum Gasteiger partial charge on any atom is -0.480 e. The highest BCUT2D eigenvalue weighted by Gasteiger charge is 2.26. The fraction of sp³-hybridized carbons (Fsp3) is 0.625. The van der Waals surface area contributed by atoms with E-state index in [-0.39, 0.29) is 0 Å². The average molecular weight is 228 g/mol. The molecule has 15 heavy (non-hydrogen) atoms. The Balaban J connectivity index is 2.17. The largest absolute Gasteiger partial charge is 0.480 e. The van der Waals surface area contributed by atoms with E-state index in [0.29, 0.717) is 12.5 Å². The molecule has 1 aromatic rings. The van der Waals surface area contributed by atoms with Gasteiger partial charge in [0.25, 0.3) is 0 Å². The van der Waals surface area contributed by atoms with Crippen molar-refractivity contribution in [3.8, 4) is 0 Å². The molecule has 7 heteroatoms. The van der Waals surface area contributed by atoms with Gasteiger partial charge in [-0.15, -0.1) is 10.2 Å². The zero-order chi connectivity index (χ0) is 11.0. The molecule has 0 saturated heterocycles. The molecule has 1 unspecified atom stereocenters. The highest BCUT2D eigenvalue weighted by Crippen LogP contribution is 2.25. The molecular formula is C8H12N4O2S. The van der Waals surface area contributed by atoms with E-state index in [0.717, 1.165) is 11.0 Å². The highest BCUT2D eigenvalue weighted by molar-refractivity contribution is 7.99. The van der Waals surface area contributed by atoms with Crippen LogP contribution >= 0.6 is 11.8 Å². The number of aryl methyl sites for hydroxylation is 1. The summed E-state index contributed by atoms with van der Waals surface area (Å²) in [7, 11) is 0. The number of fused-ring (bicyclic) bond motifs is 1. The third-order valence-electron chi connectivity index (χ3n) is 2.49. The van der Waals surface area contributed by atoms with Crippen LogP contribution in [0.5, 0.6) is 0 Å². The average Bonchev–Trinajstić information content (AvgIpc) is 2.59. The normalized spacial score (nSPS) is 18.5. The maximum absolute atomic E-state index is 10.8. The van der Waals surface area contributed by atoms with Crippen LogP contribution < -0.4 is 0 Å². The van der Waals surface area contributed by atoms with Gasteiger partial charge in [-0.3, -0.25) is 14.3 Å². The maximum Gasteiger partial charge on any atom is 0.320 e. The number of aromatic nitrogens is 3. The van der Waals surface area contributed by atoms with E-state index in [9.17, 15) is 4.79 Å². The van der Waals surface area contributed by atoms with Crippen molar-refractivity contribution < 1.29 is 9.90 Å². The first-order valence-corrected chi connectivity index (χ1v) is 5.57. The summed E-state index contributed by atoms with van der Waals surface area (Å²) in [4.78, 5) is 12.7. The van der Waals surface area contributed by atoms with Crippen molar-refractivity contribution in [1.82, 2.24) is 19.7 Å². The van der Waals surface area contributed by atoms with Crippen LogP contribution in [0.25, 0.3) is 0 Å². The second kappa shape index (κ2) is 3.82. The molecule has 2 heterocycles. The number of nitrogens with zero attached hydrogens (tertiary/aromatic N) is 4. The van der Waals surface area contributed by atoms with Crippen LogP contribution in [0.1, 0.15) is 12.7 Å². The van der Waals surface area contributed by atoms with Gasteiger partial charge < -0.3 is 5.11 Å². The maximum atomic E-state index is 10.8. The quantitative estimate of drug-likeness (QED) is 0.789. The lowest BCUT2D eigenvalue weighted by atomic mass is 10.3. The molecule has 6 nitrogen and oxygen atoms in total. The molecule has 0 fully saturated rings. The summed E-state index contributed by atoms with van der Waals surface area (Å²) >= 11 is 1.52. The second-order valence-corrected chi connectivity index (χ2v) is 4.39. The molecule has 1 atom stereocenters. The molecule has 2 rings (SSSR count). The van der Waals surface area contributed by atoms with E-state index in [1.165, 1.54) is 11.8 Å². The molecule has 0 spiro atoms. The van der Waals surface area contributed by atoms with Crippen LogP contribution in [0.3, 0.4) is 0 Å².